The molecule has 0 heterocycles. The molecule has 0 aliphatic rings. The fraction of sp³-hybridized carbons (Fsp3) is 0.263. The fourth-order valence-electron chi connectivity index (χ4n) is 2.37. The largest absolute Gasteiger partial charge is 0.496 e. The van der Waals surface area contributed by atoms with Crippen LogP contribution in [0.3, 0.4) is 0 Å². The molecule has 0 unspecified atom stereocenters. The summed E-state index contributed by atoms with van der Waals surface area (Å²) in [6.07, 6.45) is 0.901. The van der Waals surface area contributed by atoms with Crippen LogP contribution in [0.25, 0.3) is 0 Å². The van der Waals surface area contributed by atoms with E-state index in [9.17, 15) is 9.59 Å². The Morgan fingerprint density at radius 1 is 1.12 bits per heavy atom. The number of halogens is 1. The highest BCUT2D eigenvalue weighted by molar-refractivity contribution is 6.30. The molecule has 0 saturated heterocycles. The predicted molar refractivity (Wildman–Crippen MR) is 94.9 cm³/mol. The quantitative estimate of drug-likeness (QED) is 0.782. The molecule has 24 heavy (non-hydrogen) atoms. The van der Waals surface area contributed by atoms with E-state index < -0.39 is 0 Å². The average Bonchev–Trinajstić information content (AvgIpc) is 2.56. The molecular formula is C19H20ClNO3. The summed E-state index contributed by atoms with van der Waals surface area (Å²) in [7, 11) is 1.55. The van der Waals surface area contributed by atoms with Gasteiger partial charge in [-0.1, -0.05) is 23.7 Å². The van der Waals surface area contributed by atoms with Crippen LogP contribution in [0.4, 0.5) is 0 Å². The average molecular weight is 346 g/mol. The van der Waals surface area contributed by atoms with Crippen LogP contribution >= 0.6 is 11.6 Å². The number of carbonyl (C=O) groups is 2. The standard InChI is InChI=1S/C19H20ClNO3/c1-13(22)15-5-8-18(24-2)16(11-15)12-19(23)21-10-9-14-3-6-17(20)7-4-14/h3-8,11H,9-10,12H2,1-2H3,(H,21,23). The number of hydrogen-bond donors (Lipinski definition) is 1. The maximum absolute atomic E-state index is 12.1. The summed E-state index contributed by atoms with van der Waals surface area (Å²) in [5, 5.41) is 3.58. The number of methoxy groups -OCH3 is 1. The highest BCUT2D eigenvalue weighted by atomic mass is 35.5. The van der Waals surface area contributed by atoms with E-state index in [2.05, 4.69) is 5.32 Å². The van der Waals surface area contributed by atoms with Crippen molar-refractivity contribution in [2.75, 3.05) is 13.7 Å². The molecule has 0 fully saturated rings. The van der Waals surface area contributed by atoms with Gasteiger partial charge in [-0.25, -0.2) is 0 Å². The van der Waals surface area contributed by atoms with Gasteiger partial charge in [0.25, 0.3) is 0 Å². The molecule has 0 atom stereocenters. The Labute approximate surface area is 146 Å². The molecule has 0 aromatic heterocycles. The number of Topliss-reactive ketones (excluding diaryl/α,β-unsaturated/α-hetero) is 1. The zero-order chi connectivity index (χ0) is 17.5. The lowest BCUT2D eigenvalue weighted by Gasteiger charge is -2.10. The monoisotopic (exact) mass is 345 g/mol. The predicted octanol–water partition coefficient (Wildman–Crippen LogP) is 3.45. The van der Waals surface area contributed by atoms with Gasteiger partial charge >= 0.3 is 0 Å². The van der Waals surface area contributed by atoms with Gasteiger partial charge in [0.1, 0.15) is 5.75 Å². The Morgan fingerprint density at radius 3 is 2.46 bits per heavy atom. The van der Waals surface area contributed by atoms with Crippen LogP contribution < -0.4 is 10.1 Å². The topological polar surface area (TPSA) is 55.4 Å². The van der Waals surface area contributed by atoms with Crippen molar-refractivity contribution in [2.45, 2.75) is 19.8 Å². The summed E-state index contributed by atoms with van der Waals surface area (Å²) in [5.41, 5.74) is 2.38. The van der Waals surface area contributed by atoms with Gasteiger partial charge in [0.15, 0.2) is 5.78 Å². The van der Waals surface area contributed by atoms with Crippen LogP contribution in [-0.4, -0.2) is 25.3 Å². The molecule has 0 bridgehead atoms. The van der Waals surface area contributed by atoms with Gasteiger partial charge in [-0.15, -0.1) is 0 Å². The number of carbonyl (C=O) groups excluding carboxylic acids is 2. The highest BCUT2D eigenvalue weighted by Crippen LogP contribution is 2.20. The Bertz CT molecular complexity index is 726. The minimum atomic E-state index is -0.108. The van der Waals surface area contributed by atoms with Crippen molar-refractivity contribution in [3.8, 4) is 5.75 Å². The zero-order valence-corrected chi connectivity index (χ0v) is 14.5. The summed E-state index contributed by atoms with van der Waals surface area (Å²) in [6.45, 7) is 2.03. The van der Waals surface area contributed by atoms with Gasteiger partial charge in [0.2, 0.25) is 5.91 Å². The van der Waals surface area contributed by atoms with Crippen LogP contribution in [0, 0.1) is 0 Å². The van der Waals surface area contributed by atoms with Gasteiger partial charge in [0, 0.05) is 22.7 Å². The zero-order valence-electron chi connectivity index (χ0n) is 13.8. The van der Waals surface area contributed by atoms with Gasteiger partial charge in [0.05, 0.1) is 13.5 Å². The molecule has 0 radical (unpaired) electrons. The number of ketones is 1. The molecule has 2 aromatic carbocycles. The van der Waals surface area contributed by atoms with Crippen LogP contribution in [-0.2, 0) is 17.6 Å². The SMILES string of the molecule is COc1ccc(C(C)=O)cc1CC(=O)NCCc1ccc(Cl)cc1. The molecular weight excluding hydrogens is 326 g/mol. The minimum Gasteiger partial charge on any atom is -0.496 e. The maximum Gasteiger partial charge on any atom is 0.224 e. The first-order valence-electron chi connectivity index (χ1n) is 7.68. The molecule has 0 saturated carbocycles. The Morgan fingerprint density at radius 2 is 1.83 bits per heavy atom. The molecule has 0 spiro atoms. The lowest BCUT2D eigenvalue weighted by molar-refractivity contribution is -0.120. The van der Waals surface area contributed by atoms with Gasteiger partial charge < -0.3 is 10.1 Å². The van der Waals surface area contributed by atoms with E-state index in [-0.39, 0.29) is 18.1 Å². The second-order valence-corrected chi connectivity index (χ2v) is 5.92. The van der Waals surface area contributed by atoms with Crippen molar-refractivity contribution in [3.05, 3.63) is 64.2 Å². The minimum absolute atomic E-state index is 0.0398. The van der Waals surface area contributed by atoms with Crippen molar-refractivity contribution in [1.29, 1.82) is 0 Å². The van der Waals surface area contributed by atoms with E-state index in [1.807, 2.05) is 24.3 Å². The van der Waals surface area contributed by atoms with Gasteiger partial charge in [-0.3, -0.25) is 9.59 Å². The molecule has 0 aliphatic carbocycles. The smallest absolute Gasteiger partial charge is 0.224 e. The normalized spacial score (nSPS) is 10.3. The highest BCUT2D eigenvalue weighted by Gasteiger charge is 2.11. The summed E-state index contributed by atoms with van der Waals surface area (Å²) < 4.78 is 5.26. The number of ether oxygens (including phenoxy) is 1. The third kappa shape index (κ3) is 5.10. The molecule has 1 amide bonds. The number of rotatable bonds is 7. The van der Waals surface area contributed by atoms with E-state index in [1.165, 1.54) is 6.92 Å². The molecule has 4 nitrogen and oxygen atoms in total. The van der Waals surface area contributed by atoms with Crippen LogP contribution in [0.5, 0.6) is 5.75 Å². The van der Waals surface area contributed by atoms with Crippen LogP contribution in [0.15, 0.2) is 42.5 Å². The number of benzene rings is 2. The third-order valence-corrected chi connectivity index (χ3v) is 3.94. The summed E-state index contributed by atoms with van der Waals surface area (Å²) in [4.78, 5) is 23.6. The molecule has 0 aliphatic heterocycles. The van der Waals surface area contributed by atoms with Crippen LogP contribution in [0.1, 0.15) is 28.4 Å². The molecule has 126 valence electrons. The van der Waals surface area contributed by atoms with E-state index in [0.717, 1.165) is 12.0 Å². The summed E-state index contributed by atoms with van der Waals surface area (Å²) in [6, 6.07) is 12.7. The Kier molecular flexibility index (Phi) is 6.38. The molecule has 2 rings (SSSR count). The van der Waals surface area contributed by atoms with E-state index in [0.29, 0.717) is 28.4 Å². The van der Waals surface area contributed by atoms with Crippen LogP contribution in [0.2, 0.25) is 5.02 Å². The van der Waals surface area contributed by atoms with Crippen molar-refractivity contribution in [2.24, 2.45) is 0 Å². The van der Waals surface area contributed by atoms with Crippen molar-refractivity contribution >= 4 is 23.3 Å². The van der Waals surface area contributed by atoms with E-state index in [4.69, 9.17) is 16.3 Å². The summed E-state index contributed by atoms with van der Waals surface area (Å²) >= 11 is 5.84. The second-order valence-electron chi connectivity index (χ2n) is 5.49. The first-order chi connectivity index (χ1) is 11.5. The summed E-state index contributed by atoms with van der Waals surface area (Å²) in [5.74, 6) is 0.456. The second kappa shape index (κ2) is 8.50. The lowest BCUT2D eigenvalue weighted by Crippen LogP contribution is -2.27. The van der Waals surface area contributed by atoms with Crippen molar-refractivity contribution < 1.29 is 14.3 Å². The lowest BCUT2D eigenvalue weighted by atomic mass is 10.0. The maximum atomic E-state index is 12.1. The van der Waals surface area contributed by atoms with Crippen molar-refractivity contribution in [3.63, 3.8) is 0 Å². The first kappa shape index (κ1) is 18.0. The molecule has 5 heteroatoms. The number of amides is 1. The molecule has 2 aromatic rings. The number of nitrogens with one attached hydrogen (secondary N) is 1. The molecule has 1 N–H and O–H groups in total. The first-order valence-corrected chi connectivity index (χ1v) is 8.06. The van der Waals surface area contributed by atoms with Crippen molar-refractivity contribution in [1.82, 2.24) is 5.32 Å². The fourth-order valence-corrected chi connectivity index (χ4v) is 2.49. The Hall–Kier alpha value is -2.33. The third-order valence-electron chi connectivity index (χ3n) is 3.69. The van der Waals surface area contributed by atoms with E-state index >= 15 is 0 Å². The van der Waals surface area contributed by atoms with Gasteiger partial charge in [-0.2, -0.15) is 0 Å². The number of hydrogen-bond acceptors (Lipinski definition) is 3. The van der Waals surface area contributed by atoms with E-state index in [1.54, 1.807) is 25.3 Å². The van der Waals surface area contributed by atoms with Gasteiger partial charge in [-0.05, 0) is 49.2 Å². The Balaban J connectivity index is 1.93.